The Kier molecular flexibility index (Phi) is 4.18. The molecule has 1 aliphatic heterocycles. The Morgan fingerprint density at radius 3 is 2.85 bits per heavy atom. The monoisotopic (exact) mass is 278 g/mol. The Balaban J connectivity index is 2.05. The number of hydrogen-bond acceptors (Lipinski definition) is 3. The zero-order valence-electron chi connectivity index (χ0n) is 13.2. The fourth-order valence-electron chi connectivity index (χ4n) is 2.97. The molecule has 1 amide bonds. The SMILES string of the molecule is Cc1c(C(C)NC(=O)C2NCCCC2(C)C)cnn1C. The highest BCUT2D eigenvalue weighted by molar-refractivity contribution is 5.83. The van der Waals surface area contributed by atoms with E-state index in [9.17, 15) is 4.79 Å². The number of aryl methyl sites for hydroxylation is 1. The van der Waals surface area contributed by atoms with Gasteiger partial charge in [-0.25, -0.2) is 0 Å². The minimum absolute atomic E-state index is 0.00599. The molecule has 2 rings (SSSR count). The summed E-state index contributed by atoms with van der Waals surface area (Å²) in [5.41, 5.74) is 2.18. The Labute approximate surface area is 121 Å². The molecule has 0 spiro atoms. The van der Waals surface area contributed by atoms with Crippen molar-refractivity contribution in [3.8, 4) is 0 Å². The minimum atomic E-state index is -0.115. The van der Waals surface area contributed by atoms with Crippen LogP contribution in [0.2, 0.25) is 0 Å². The maximum Gasteiger partial charge on any atom is 0.238 e. The molecule has 5 nitrogen and oxygen atoms in total. The van der Waals surface area contributed by atoms with Crippen LogP contribution in [0.4, 0.5) is 0 Å². The van der Waals surface area contributed by atoms with Gasteiger partial charge in [-0.1, -0.05) is 13.8 Å². The predicted molar refractivity (Wildman–Crippen MR) is 79.3 cm³/mol. The Bertz CT molecular complexity index is 492. The van der Waals surface area contributed by atoms with E-state index in [4.69, 9.17) is 0 Å². The molecule has 1 aromatic rings. The zero-order chi connectivity index (χ0) is 14.9. The van der Waals surface area contributed by atoms with E-state index in [1.807, 2.05) is 31.8 Å². The molecular formula is C15H26N4O. The lowest BCUT2D eigenvalue weighted by Crippen LogP contribution is -2.55. The van der Waals surface area contributed by atoms with Crippen molar-refractivity contribution in [2.45, 2.75) is 52.6 Å². The van der Waals surface area contributed by atoms with Gasteiger partial charge < -0.3 is 10.6 Å². The normalized spacial score (nSPS) is 23.4. The van der Waals surface area contributed by atoms with E-state index in [0.717, 1.165) is 30.6 Å². The van der Waals surface area contributed by atoms with E-state index in [1.54, 1.807) is 0 Å². The van der Waals surface area contributed by atoms with Crippen molar-refractivity contribution in [1.82, 2.24) is 20.4 Å². The maximum atomic E-state index is 12.5. The first kappa shape index (κ1) is 15.0. The van der Waals surface area contributed by atoms with Gasteiger partial charge in [0.2, 0.25) is 5.91 Å². The molecule has 0 bridgehead atoms. The number of nitrogens with zero attached hydrogens (tertiary/aromatic N) is 2. The van der Waals surface area contributed by atoms with Crippen molar-refractivity contribution >= 4 is 5.91 Å². The largest absolute Gasteiger partial charge is 0.348 e. The van der Waals surface area contributed by atoms with E-state index >= 15 is 0 Å². The molecule has 2 atom stereocenters. The van der Waals surface area contributed by atoms with Crippen LogP contribution in [0.15, 0.2) is 6.20 Å². The quantitative estimate of drug-likeness (QED) is 0.884. The Morgan fingerprint density at radius 1 is 1.60 bits per heavy atom. The van der Waals surface area contributed by atoms with Crippen molar-refractivity contribution in [3.05, 3.63) is 17.5 Å². The van der Waals surface area contributed by atoms with E-state index in [1.165, 1.54) is 0 Å². The van der Waals surface area contributed by atoms with E-state index in [-0.39, 0.29) is 23.4 Å². The average molecular weight is 278 g/mol. The topological polar surface area (TPSA) is 59.0 Å². The van der Waals surface area contributed by atoms with Gasteiger partial charge >= 0.3 is 0 Å². The molecule has 2 heterocycles. The highest BCUT2D eigenvalue weighted by atomic mass is 16.2. The van der Waals surface area contributed by atoms with Crippen molar-refractivity contribution in [2.24, 2.45) is 12.5 Å². The van der Waals surface area contributed by atoms with Crippen LogP contribution in [0.3, 0.4) is 0 Å². The fraction of sp³-hybridized carbons (Fsp3) is 0.733. The van der Waals surface area contributed by atoms with Gasteiger partial charge in [-0.2, -0.15) is 5.10 Å². The predicted octanol–water partition coefficient (Wildman–Crippen LogP) is 1.68. The number of carbonyl (C=O) groups is 1. The first-order chi connectivity index (χ1) is 9.33. The van der Waals surface area contributed by atoms with Gasteiger partial charge in [0.1, 0.15) is 0 Å². The lowest BCUT2D eigenvalue weighted by molar-refractivity contribution is -0.127. The van der Waals surface area contributed by atoms with Crippen molar-refractivity contribution < 1.29 is 4.79 Å². The number of aromatic nitrogens is 2. The molecule has 2 unspecified atom stereocenters. The number of nitrogens with one attached hydrogen (secondary N) is 2. The van der Waals surface area contributed by atoms with Crippen molar-refractivity contribution in [1.29, 1.82) is 0 Å². The molecule has 20 heavy (non-hydrogen) atoms. The molecule has 0 radical (unpaired) electrons. The molecule has 0 saturated carbocycles. The zero-order valence-corrected chi connectivity index (χ0v) is 13.2. The summed E-state index contributed by atoms with van der Waals surface area (Å²) in [5, 5.41) is 10.7. The second kappa shape index (κ2) is 5.56. The molecule has 0 aliphatic carbocycles. The molecule has 5 heteroatoms. The Morgan fingerprint density at radius 2 is 2.30 bits per heavy atom. The molecule has 1 aromatic heterocycles. The molecule has 112 valence electrons. The van der Waals surface area contributed by atoms with Gasteiger partial charge in [0, 0.05) is 18.3 Å². The smallest absolute Gasteiger partial charge is 0.238 e. The summed E-state index contributed by atoms with van der Waals surface area (Å²) in [6.07, 6.45) is 4.05. The van der Waals surface area contributed by atoms with Crippen molar-refractivity contribution in [3.63, 3.8) is 0 Å². The molecule has 1 aliphatic rings. The van der Waals surface area contributed by atoms with Crippen LogP contribution in [-0.4, -0.2) is 28.3 Å². The second-order valence-electron chi connectivity index (χ2n) is 6.52. The van der Waals surface area contributed by atoms with Gasteiger partial charge in [0.25, 0.3) is 0 Å². The summed E-state index contributed by atoms with van der Waals surface area (Å²) in [7, 11) is 1.92. The van der Waals surface area contributed by atoms with Gasteiger partial charge in [0.15, 0.2) is 0 Å². The first-order valence-corrected chi connectivity index (χ1v) is 7.35. The van der Waals surface area contributed by atoms with Crippen LogP contribution >= 0.6 is 0 Å². The lowest BCUT2D eigenvalue weighted by Gasteiger charge is -2.38. The number of amides is 1. The number of rotatable bonds is 3. The molecule has 1 saturated heterocycles. The number of piperidine rings is 1. The third-order valence-electron chi connectivity index (χ3n) is 4.49. The summed E-state index contributed by atoms with van der Waals surface area (Å²) >= 11 is 0. The van der Waals surface area contributed by atoms with Gasteiger partial charge in [-0.3, -0.25) is 9.48 Å². The van der Waals surface area contributed by atoms with Crippen LogP contribution < -0.4 is 10.6 Å². The van der Waals surface area contributed by atoms with Crippen LogP contribution in [0.1, 0.15) is 50.9 Å². The summed E-state index contributed by atoms with van der Waals surface area (Å²) in [4.78, 5) is 12.5. The summed E-state index contributed by atoms with van der Waals surface area (Å²) < 4.78 is 1.83. The number of hydrogen-bond donors (Lipinski definition) is 2. The van der Waals surface area contributed by atoms with Crippen molar-refractivity contribution in [2.75, 3.05) is 6.54 Å². The molecule has 1 fully saturated rings. The Hall–Kier alpha value is -1.36. The third-order valence-corrected chi connectivity index (χ3v) is 4.49. The van der Waals surface area contributed by atoms with Gasteiger partial charge in [-0.15, -0.1) is 0 Å². The maximum absolute atomic E-state index is 12.5. The second-order valence-corrected chi connectivity index (χ2v) is 6.52. The van der Waals surface area contributed by atoms with Crippen LogP contribution in [0.5, 0.6) is 0 Å². The standard InChI is InChI=1S/C15H26N4O/c1-10(12-9-17-19(5)11(12)2)18-14(20)13-15(3,4)7-6-8-16-13/h9-10,13,16H,6-8H2,1-5H3,(H,18,20). The lowest BCUT2D eigenvalue weighted by atomic mass is 9.77. The summed E-state index contributed by atoms with van der Waals surface area (Å²) in [6, 6.07) is -0.133. The first-order valence-electron chi connectivity index (χ1n) is 7.35. The summed E-state index contributed by atoms with van der Waals surface area (Å²) in [5.74, 6) is 0.0884. The highest BCUT2D eigenvalue weighted by Gasteiger charge is 2.37. The van der Waals surface area contributed by atoms with Gasteiger partial charge in [-0.05, 0) is 38.6 Å². The molecular weight excluding hydrogens is 252 g/mol. The highest BCUT2D eigenvalue weighted by Crippen LogP contribution is 2.30. The molecule has 2 N–H and O–H groups in total. The van der Waals surface area contributed by atoms with E-state index in [2.05, 4.69) is 29.6 Å². The van der Waals surface area contributed by atoms with Gasteiger partial charge in [0.05, 0.1) is 18.3 Å². The fourth-order valence-corrected chi connectivity index (χ4v) is 2.97. The average Bonchev–Trinajstić information content (AvgIpc) is 2.69. The van der Waals surface area contributed by atoms with Crippen LogP contribution in [0.25, 0.3) is 0 Å². The number of carbonyl (C=O) groups excluding carboxylic acids is 1. The third kappa shape index (κ3) is 2.87. The van der Waals surface area contributed by atoms with E-state index in [0.29, 0.717) is 0 Å². The van der Waals surface area contributed by atoms with Crippen LogP contribution in [0, 0.1) is 12.3 Å². The molecule has 0 aromatic carbocycles. The minimum Gasteiger partial charge on any atom is -0.348 e. The van der Waals surface area contributed by atoms with Crippen LogP contribution in [-0.2, 0) is 11.8 Å². The summed E-state index contributed by atoms with van der Waals surface area (Å²) in [6.45, 7) is 9.26. The van der Waals surface area contributed by atoms with E-state index < -0.39 is 0 Å².